The van der Waals surface area contributed by atoms with Crippen molar-refractivity contribution in [1.82, 2.24) is 20.6 Å². The maximum atomic E-state index is 15.7. The molecule has 2 aromatic rings. The molecule has 3 aliphatic heterocycles. The minimum absolute atomic E-state index is 0.0717. The highest BCUT2D eigenvalue weighted by molar-refractivity contribution is 6.20. The summed E-state index contributed by atoms with van der Waals surface area (Å²) in [6.45, 7) is 5.63. The largest absolute Gasteiger partial charge is 0.372 e. The second kappa shape index (κ2) is 6.18. The van der Waals surface area contributed by atoms with Crippen LogP contribution >= 0.6 is 0 Å². The molecule has 1 spiro atoms. The van der Waals surface area contributed by atoms with Crippen molar-refractivity contribution in [2.45, 2.75) is 45.4 Å². The molecule has 3 atom stereocenters. The van der Waals surface area contributed by atoms with Crippen LogP contribution < -0.4 is 15.5 Å². The second-order valence-electron chi connectivity index (χ2n) is 8.19. The Bertz CT molecular complexity index is 1120. The first-order chi connectivity index (χ1) is 14.2. The van der Waals surface area contributed by atoms with Crippen LogP contribution in [0.3, 0.4) is 0 Å². The smallest absolute Gasteiger partial charge is 0.328 e. The third-order valence-electron chi connectivity index (χ3n) is 6.33. The first-order valence-corrected chi connectivity index (χ1v) is 9.75. The van der Waals surface area contributed by atoms with Gasteiger partial charge in [-0.05, 0) is 32.4 Å². The van der Waals surface area contributed by atoms with E-state index < -0.39 is 41.2 Å². The molecule has 4 heterocycles. The number of nitrogens with zero attached hydrogens (tertiary/aromatic N) is 3. The number of nitrogens with one attached hydrogen (secondary N) is 2. The number of aryl methyl sites for hydroxylation is 1. The van der Waals surface area contributed by atoms with Crippen LogP contribution in [0.25, 0.3) is 10.9 Å². The molecule has 4 amide bonds. The Kier molecular flexibility index (Phi) is 3.88. The van der Waals surface area contributed by atoms with Crippen LogP contribution in [-0.4, -0.2) is 52.6 Å². The van der Waals surface area contributed by atoms with Crippen molar-refractivity contribution in [3.05, 3.63) is 29.5 Å². The standard InChI is InChI=1S/C20H20FN5O4/c1-8-6-26-15-11(4-12-9(2)22-7-23-14(12)13(15)21)5-20(16(26)10(3)30-8)17(27)24-19(29)25-18(20)28/h4,7-8,10,16H,5-6H2,1-3H3,(H2,24,25,27,28,29)/t8-,10+,16-/m1/s1. The summed E-state index contributed by atoms with van der Waals surface area (Å²) in [6, 6.07) is 0.0897. The highest BCUT2D eigenvalue weighted by atomic mass is 19.1. The molecule has 9 nitrogen and oxygen atoms in total. The number of carbonyl (C=O) groups is 3. The number of benzene rings is 1. The Balaban J connectivity index is 1.81. The fourth-order valence-electron chi connectivity index (χ4n) is 5.20. The summed E-state index contributed by atoms with van der Waals surface area (Å²) in [7, 11) is 0. The number of hydrogen-bond donors (Lipinski definition) is 2. The predicted molar refractivity (Wildman–Crippen MR) is 103 cm³/mol. The molecular formula is C20H20FN5O4. The van der Waals surface area contributed by atoms with Crippen LogP contribution in [0.15, 0.2) is 12.4 Å². The molecule has 1 aromatic heterocycles. The van der Waals surface area contributed by atoms with Crippen LogP contribution in [0, 0.1) is 18.2 Å². The molecule has 0 radical (unpaired) electrons. The van der Waals surface area contributed by atoms with E-state index in [1.807, 2.05) is 6.92 Å². The van der Waals surface area contributed by atoms with Gasteiger partial charge in [-0.1, -0.05) is 0 Å². The van der Waals surface area contributed by atoms with E-state index in [1.54, 1.807) is 24.8 Å². The van der Waals surface area contributed by atoms with E-state index in [0.29, 0.717) is 22.3 Å². The van der Waals surface area contributed by atoms with Gasteiger partial charge in [0.25, 0.3) is 0 Å². The second-order valence-corrected chi connectivity index (χ2v) is 8.19. The van der Waals surface area contributed by atoms with Gasteiger partial charge in [-0.25, -0.2) is 19.2 Å². The number of barbiturate groups is 1. The summed E-state index contributed by atoms with van der Waals surface area (Å²) in [5.74, 6) is -1.92. The fraction of sp³-hybridized carbons (Fsp3) is 0.450. The van der Waals surface area contributed by atoms with Gasteiger partial charge in [-0.3, -0.25) is 20.2 Å². The average molecular weight is 413 g/mol. The Morgan fingerprint density at radius 3 is 2.60 bits per heavy atom. The SMILES string of the molecule is Cc1ncnc2c(F)c3c(cc12)CC1(C(=O)NC(=O)NC1=O)[C@H]1[C@H](C)O[C@H](C)CN31. The molecule has 3 aliphatic rings. The molecule has 0 aliphatic carbocycles. The van der Waals surface area contributed by atoms with Crippen molar-refractivity contribution >= 4 is 34.4 Å². The van der Waals surface area contributed by atoms with Gasteiger partial charge < -0.3 is 9.64 Å². The number of hydrogen-bond acceptors (Lipinski definition) is 7. The predicted octanol–water partition coefficient (Wildman–Crippen LogP) is 0.968. The van der Waals surface area contributed by atoms with E-state index in [9.17, 15) is 14.4 Å². The lowest BCUT2D eigenvalue weighted by molar-refractivity contribution is -0.153. The van der Waals surface area contributed by atoms with E-state index in [0.717, 1.165) is 0 Å². The average Bonchev–Trinajstić information content (AvgIpc) is 2.66. The number of rotatable bonds is 0. The van der Waals surface area contributed by atoms with Crippen molar-refractivity contribution in [3.8, 4) is 0 Å². The number of halogens is 1. The first kappa shape index (κ1) is 18.9. The number of anilines is 1. The lowest BCUT2D eigenvalue weighted by atomic mass is 9.66. The number of amides is 4. The molecule has 30 heavy (non-hydrogen) atoms. The monoisotopic (exact) mass is 413 g/mol. The number of imide groups is 2. The molecule has 156 valence electrons. The molecule has 1 aromatic carbocycles. The topological polar surface area (TPSA) is 114 Å². The van der Waals surface area contributed by atoms with Crippen molar-refractivity contribution in [3.63, 3.8) is 0 Å². The van der Waals surface area contributed by atoms with Gasteiger partial charge >= 0.3 is 6.03 Å². The zero-order valence-electron chi connectivity index (χ0n) is 16.7. The summed E-state index contributed by atoms with van der Waals surface area (Å²) >= 11 is 0. The quantitative estimate of drug-likeness (QED) is 0.619. The minimum atomic E-state index is -1.63. The number of morpholine rings is 1. The van der Waals surface area contributed by atoms with Crippen molar-refractivity contribution in [2.75, 3.05) is 11.4 Å². The van der Waals surface area contributed by atoms with Crippen molar-refractivity contribution < 1.29 is 23.5 Å². The summed E-state index contributed by atoms with van der Waals surface area (Å²) in [5.41, 5.74) is -0.0416. The number of ether oxygens (including phenoxy) is 1. The highest BCUT2D eigenvalue weighted by Crippen LogP contribution is 2.48. The third kappa shape index (κ3) is 2.33. The van der Waals surface area contributed by atoms with Gasteiger partial charge in [0.1, 0.15) is 11.8 Å². The lowest BCUT2D eigenvalue weighted by Crippen LogP contribution is -2.75. The minimum Gasteiger partial charge on any atom is -0.372 e. The summed E-state index contributed by atoms with van der Waals surface area (Å²) in [6.07, 6.45) is 0.428. The maximum absolute atomic E-state index is 15.7. The van der Waals surface area contributed by atoms with Crippen molar-refractivity contribution in [1.29, 1.82) is 0 Å². The number of aromatic nitrogens is 2. The van der Waals surface area contributed by atoms with Gasteiger partial charge in [0, 0.05) is 24.0 Å². The van der Waals surface area contributed by atoms with E-state index in [1.165, 1.54) is 6.33 Å². The molecule has 0 bridgehead atoms. The lowest BCUT2D eigenvalue weighted by Gasteiger charge is -2.55. The zero-order valence-corrected chi connectivity index (χ0v) is 16.7. The van der Waals surface area contributed by atoms with Gasteiger partial charge in [0.05, 0.1) is 23.9 Å². The van der Waals surface area contributed by atoms with Gasteiger partial charge in [0.15, 0.2) is 11.2 Å². The van der Waals surface area contributed by atoms with E-state index in [2.05, 4.69) is 20.6 Å². The first-order valence-electron chi connectivity index (χ1n) is 9.75. The van der Waals surface area contributed by atoms with Crippen LogP contribution in [0.4, 0.5) is 14.9 Å². The summed E-state index contributed by atoms with van der Waals surface area (Å²) in [4.78, 5) is 47.9. The summed E-state index contributed by atoms with van der Waals surface area (Å²) in [5, 5.41) is 4.96. The van der Waals surface area contributed by atoms with Crippen molar-refractivity contribution in [2.24, 2.45) is 5.41 Å². The number of urea groups is 1. The molecule has 10 heteroatoms. The Labute approximate surface area is 171 Å². The van der Waals surface area contributed by atoms with Crippen LogP contribution in [0.2, 0.25) is 0 Å². The van der Waals surface area contributed by atoms with Crippen LogP contribution in [0.5, 0.6) is 0 Å². The fourth-order valence-corrected chi connectivity index (χ4v) is 5.20. The van der Waals surface area contributed by atoms with E-state index >= 15 is 4.39 Å². The van der Waals surface area contributed by atoms with Gasteiger partial charge in [-0.15, -0.1) is 0 Å². The number of carbonyl (C=O) groups excluding carboxylic acids is 3. The summed E-state index contributed by atoms with van der Waals surface area (Å²) < 4.78 is 21.7. The van der Waals surface area contributed by atoms with Crippen LogP contribution in [0.1, 0.15) is 25.1 Å². The number of fused-ring (bicyclic) bond motifs is 5. The normalized spacial score (nSPS) is 27.5. The van der Waals surface area contributed by atoms with Gasteiger partial charge in [-0.2, -0.15) is 0 Å². The van der Waals surface area contributed by atoms with Crippen LogP contribution in [-0.2, 0) is 20.7 Å². The molecular weight excluding hydrogens is 393 g/mol. The zero-order chi connectivity index (χ0) is 21.4. The van der Waals surface area contributed by atoms with E-state index in [-0.39, 0.29) is 24.6 Å². The van der Waals surface area contributed by atoms with Gasteiger partial charge in [0.2, 0.25) is 11.8 Å². The molecule has 0 saturated carbocycles. The van der Waals surface area contributed by atoms with E-state index in [4.69, 9.17) is 4.74 Å². The molecule has 0 unspecified atom stereocenters. The molecule has 2 N–H and O–H groups in total. The molecule has 5 rings (SSSR count). The maximum Gasteiger partial charge on any atom is 0.328 e. The molecule has 2 saturated heterocycles. The third-order valence-corrected chi connectivity index (χ3v) is 6.33. The Morgan fingerprint density at radius 1 is 1.20 bits per heavy atom. The highest BCUT2D eigenvalue weighted by Gasteiger charge is 2.63. The Hall–Kier alpha value is -3.14. The molecule has 2 fully saturated rings. The Morgan fingerprint density at radius 2 is 1.90 bits per heavy atom.